The van der Waals surface area contributed by atoms with Gasteiger partial charge in [0, 0.05) is 30.2 Å². The van der Waals surface area contributed by atoms with Gasteiger partial charge in [-0.05, 0) is 5.56 Å². The number of carboxylic acids is 1. The van der Waals surface area contributed by atoms with Crippen LogP contribution in [0.25, 0.3) is 0 Å². The van der Waals surface area contributed by atoms with E-state index in [0.29, 0.717) is 17.8 Å². The number of rotatable bonds is 6. The summed E-state index contributed by atoms with van der Waals surface area (Å²) < 4.78 is 0. The number of aromatic nitrogens is 1. The average molecular weight is 309 g/mol. The Bertz CT molecular complexity index is 736. The van der Waals surface area contributed by atoms with E-state index in [1.807, 2.05) is 0 Å². The molecular weight excluding hydrogens is 298 g/mol. The Kier molecular flexibility index (Phi) is 4.45. The van der Waals surface area contributed by atoms with E-state index in [9.17, 15) is 19.7 Å². The first-order chi connectivity index (χ1) is 9.99. The van der Waals surface area contributed by atoms with Crippen LogP contribution in [0.5, 0.6) is 0 Å². The normalized spacial score (nSPS) is 10.5. The third-order valence-electron chi connectivity index (χ3n) is 2.74. The molecule has 0 aliphatic rings. The highest BCUT2D eigenvalue weighted by Crippen LogP contribution is 2.22. The molecule has 0 unspecified atom stereocenters. The predicted octanol–water partition coefficient (Wildman–Crippen LogP) is 1.33. The highest BCUT2D eigenvalue weighted by molar-refractivity contribution is 7.07. The summed E-state index contributed by atoms with van der Waals surface area (Å²) in [5.74, 6) is -1.34. The van der Waals surface area contributed by atoms with Gasteiger partial charge in [0.25, 0.3) is 5.69 Å². The van der Waals surface area contributed by atoms with Crippen molar-refractivity contribution >= 4 is 23.0 Å². The van der Waals surface area contributed by atoms with Crippen molar-refractivity contribution < 1.29 is 14.8 Å². The Morgan fingerprint density at radius 1 is 1.43 bits per heavy atom. The van der Waals surface area contributed by atoms with Crippen LogP contribution in [0.3, 0.4) is 0 Å². The first kappa shape index (κ1) is 14.9. The van der Waals surface area contributed by atoms with E-state index < -0.39 is 16.6 Å². The molecule has 0 atom stereocenters. The molecule has 2 rings (SSSR count). The summed E-state index contributed by atoms with van der Waals surface area (Å²) in [6.07, 6.45) is 0. The molecule has 3 N–H and O–H groups in total. The van der Waals surface area contributed by atoms with E-state index in [-0.39, 0.29) is 17.0 Å². The number of H-pyrrole nitrogens is 1. The summed E-state index contributed by atoms with van der Waals surface area (Å²) in [5.41, 5.74) is 0.223. The molecule has 0 bridgehead atoms. The molecule has 21 heavy (non-hydrogen) atoms. The predicted molar refractivity (Wildman–Crippen MR) is 75.5 cm³/mol. The lowest BCUT2D eigenvalue weighted by atomic mass is 10.1. The van der Waals surface area contributed by atoms with Crippen LogP contribution in [0.4, 0.5) is 5.69 Å². The highest BCUT2D eigenvalue weighted by Gasteiger charge is 2.22. The number of benzene rings is 1. The van der Waals surface area contributed by atoms with Crippen LogP contribution in [0.2, 0.25) is 0 Å². The second-order valence-electron chi connectivity index (χ2n) is 4.15. The number of thiazole rings is 1. The molecule has 0 aliphatic carbocycles. The fourth-order valence-electron chi connectivity index (χ4n) is 1.87. The lowest BCUT2D eigenvalue weighted by Gasteiger charge is -2.07. The molecule has 1 aromatic heterocycles. The van der Waals surface area contributed by atoms with E-state index in [4.69, 9.17) is 5.11 Å². The molecule has 0 radical (unpaired) electrons. The fraction of sp³-hybridized carbons (Fsp3) is 0.167. The summed E-state index contributed by atoms with van der Waals surface area (Å²) in [4.78, 5) is 34.7. The number of carbonyl (C=O) groups is 1. The summed E-state index contributed by atoms with van der Waals surface area (Å²) in [6, 6.07) is 4.11. The summed E-state index contributed by atoms with van der Waals surface area (Å²) >= 11 is 1.03. The Labute approximate surface area is 122 Å². The maximum absolute atomic E-state index is 11.2. The number of hydrogen-bond acceptors (Lipinski definition) is 6. The maximum atomic E-state index is 11.2. The van der Waals surface area contributed by atoms with Gasteiger partial charge in [0.2, 0.25) is 0 Å². The van der Waals surface area contributed by atoms with E-state index in [2.05, 4.69) is 10.3 Å². The molecule has 0 spiro atoms. The van der Waals surface area contributed by atoms with Gasteiger partial charge in [-0.1, -0.05) is 23.5 Å². The molecule has 2 aromatic rings. The summed E-state index contributed by atoms with van der Waals surface area (Å²) in [5, 5.41) is 24.6. The Balaban J connectivity index is 2.16. The Hall–Kier alpha value is -2.52. The number of nitro benzene ring substituents is 1. The second-order valence-corrected chi connectivity index (χ2v) is 4.99. The first-order valence-corrected chi connectivity index (χ1v) is 6.74. The molecule has 8 nitrogen and oxygen atoms in total. The molecule has 0 amide bonds. The van der Waals surface area contributed by atoms with Crippen molar-refractivity contribution in [2.75, 3.05) is 0 Å². The first-order valence-electron chi connectivity index (χ1n) is 5.86. The maximum Gasteiger partial charge on any atom is 0.343 e. The lowest BCUT2D eigenvalue weighted by Crippen LogP contribution is -2.17. The molecule has 0 fully saturated rings. The minimum absolute atomic E-state index is 0.140. The summed E-state index contributed by atoms with van der Waals surface area (Å²) in [7, 11) is 0. The van der Waals surface area contributed by atoms with Gasteiger partial charge in [0.1, 0.15) is 5.56 Å². The molecule has 0 saturated carbocycles. The van der Waals surface area contributed by atoms with Gasteiger partial charge in [0.05, 0.1) is 4.92 Å². The Morgan fingerprint density at radius 2 is 2.19 bits per heavy atom. The Morgan fingerprint density at radius 3 is 2.76 bits per heavy atom. The molecule has 1 aromatic carbocycles. The zero-order chi connectivity index (χ0) is 15.4. The second kappa shape index (κ2) is 6.29. The third-order valence-corrected chi connectivity index (χ3v) is 3.46. The standard InChI is InChI=1S/C12H11N3O5S/c16-11(17)10-7(2-1-3-9(10)15(19)20)4-13-5-8-6-21-12(18)14-8/h1-3,6,13H,4-5H2,(H,14,18)(H,16,17). The van der Waals surface area contributed by atoms with Crippen LogP contribution in [0.1, 0.15) is 21.6 Å². The molecule has 1 heterocycles. The molecule has 110 valence electrons. The molecule has 9 heteroatoms. The molecular formula is C12H11N3O5S. The van der Waals surface area contributed by atoms with Gasteiger partial charge in [-0.2, -0.15) is 0 Å². The highest BCUT2D eigenvalue weighted by atomic mass is 32.1. The topological polar surface area (TPSA) is 125 Å². The van der Waals surface area contributed by atoms with E-state index in [1.54, 1.807) is 5.38 Å². The number of nitrogens with zero attached hydrogens (tertiary/aromatic N) is 1. The largest absolute Gasteiger partial charge is 0.477 e. The van der Waals surface area contributed by atoms with E-state index >= 15 is 0 Å². The number of nitrogens with one attached hydrogen (secondary N) is 2. The van der Waals surface area contributed by atoms with Gasteiger partial charge in [0.15, 0.2) is 0 Å². The van der Waals surface area contributed by atoms with Crippen molar-refractivity contribution in [1.82, 2.24) is 10.3 Å². The molecule has 0 saturated heterocycles. The zero-order valence-corrected chi connectivity index (χ0v) is 11.5. The quantitative estimate of drug-likeness (QED) is 0.546. The van der Waals surface area contributed by atoms with Crippen LogP contribution in [-0.2, 0) is 13.1 Å². The molecule has 0 aliphatic heterocycles. The van der Waals surface area contributed by atoms with Crippen molar-refractivity contribution in [3.8, 4) is 0 Å². The number of aromatic amines is 1. The van der Waals surface area contributed by atoms with Gasteiger partial charge in [-0.25, -0.2) is 4.79 Å². The smallest absolute Gasteiger partial charge is 0.343 e. The monoisotopic (exact) mass is 309 g/mol. The van der Waals surface area contributed by atoms with Crippen LogP contribution in [0.15, 0.2) is 28.4 Å². The van der Waals surface area contributed by atoms with Crippen molar-refractivity contribution in [2.24, 2.45) is 0 Å². The minimum atomic E-state index is -1.34. The van der Waals surface area contributed by atoms with Crippen LogP contribution in [-0.4, -0.2) is 21.0 Å². The number of carboxylic acid groups (broad SMARTS) is 1. The zero-order valence-electron chi connectivity index (χ0n) is 10.7. The lowest BCUT2D eigenvalue weighted by molar-refractivity contribution is -0.385. The number of nitro groups is 1. The SMILES string of the molecule is O=C(O)c1c(CNCc2csc(=O)[nH]2)cccc1[N+](=O)[O-]. The van der Waals surface area contributed by atoms with E-state index in [0.717, 1.165) is 17.4 Å². The number of aromatic carboxylic acids is 1. The third kappa shape index (κ3) is 3.52. The van der Waals surface area contributed by atoms with Crippen molar-refractivity contribution in [3.63, 3.8) is 0 Å². The summed E-state index contributed by atoms with van der Waals surface area (Å²) in [6.45, 7) is 0.474. The average Bonchev–Trinajstić information content (AvgIpc) is 2.83. The van der Waals surface area contributed by atoms with Crippen LogP contribution in [0, 0.1) is 10.1 Å². The van der Waals surface area contributed by atoms with Gasteiger partial charge in [-0.15, -0.1) is 0 Å². The van der Waals surface area contributed by atoms with Gasteiger partial charge in [-0.3, -0.25) is 14.9 Å². The van der Waals surface area contributed by atoms with Crippen molar-refractivity contribution in [2.45, 2.75) is 13.1 Å². The van der Waals surface area contributed by atoms with Crippen molar-refractivity contribution in [3.05, 3.63) is 60.2 Å². The van der Waals surface area contributed by atoms with E-state index in [1.165, 1.54) is 12.1 Å². The van der Waals surface area contributed by atoms with Crippen LogP contribution >= 0.6 is 11.3 Å². The van der Waals surface area contributed by atoms with Crippen molar-refractivity contribution in [1.29, 1.82) is 0 Å². The number of hydrogen-bond donors (Lipinski definition) is 3. The van der Waals surface area contributed by atoms with Crippen LogP contribution < -0.4 is 10.2 Å². The minimum Gasteiger partial charge on any atom is -0.477 e. The fourth-order valence-corrected chi connectivity index (χ4v) is 2.45. The van der Waals surface area contributed by atoms with Gasteiger partial charge >= 0.3 is 10.8 Å². The van der Waals surface area contributed by atoms with Gasteiger partial charge < -0.3 is 15.4 Å².